The molecule has 0 amide bonds. The molecule has 0 aliphatic carbocycles. The largest absolute Gasteiger partial charge is 0.494 e. The molecule has 0 aliphatic rings. The normalized spacial score (nSPS) is 13.6. The van der Waals surface area contributed by atoms with Crippen LogP contribution in [0.1, 0.15) is 39.3 Å². The zero-order chi connectivity index (χ0) is 12.2. The maximum absolute atomic E-state index is 5.62. The molecular weight excluding hydrogens is 200 g/mol. The van der Waals surface area contributed by atoms with E-state index >= 15 is 0 Å². The molecular formula is C13H22N2O. The summed E-state index contributed by atoms with van der Waals surface area (Å²) in [5.41, 5.74) is 4.09. The molecule has 1 rings (SSSR count). The molecule has 3 nitrogen and oxygen atoms in total. The molecule has 90 valence electrons. The van der Waals surface area contributed by atoms with Crippen LogP contribution >= 0.6 is 0 Å². The predicted octanol–water partition coefficient (Wildman–Crippen LogP) is 2.64. The highest BCUT2D eigenvalue weighted by Gasteiger charge is 2.25. The first-order chi connectivity index (χ1) is 7.49. The third-order valence-electron chi connectivity index (χ3n) is 2.54. The van der Waals surface area contributed by atoms with E-state index in [1.807, 2.05) is 25.1 Å². The van der Waals surface area contributed by atoms with Gasteiger partial charge in [0.15, 0.2) is 0 Å². The highest BCUT2D eigenvalue weighted by Crippen LogP contribution is 2.33. The summed E-state index contributed by atoms with van der Waals surface area (Å²) in [7, 11) is 0. The van der Waals surface area contributed by atoms with Crippen molar-refractivity contribution in [3.63, 3.8) is 0 Å². The molecule has 16 heavy (non-hydrogen) atoms. The van der Waals surface area contributed by atoms with Crippen LogP contribution in [0.3, 0.4) is 0 Å². The van der Waals surface area contributed by atoms with E-state index in [4.69, 9.17) is 10.6 Å². The van der Waals surface area contributed by atoms with Crippen LogP contribution in [0.4, 0.5) is 0 Å². The number of ether oxygens (including phenoxy) is 1. The van der Waals surface area contributed by atoms with Gasteiger partial charge in [-0.05, 0) is 30.0 Å². The molecule has 0 saturated heterocycles. The first kappa shape index (κ1) is 13.0. The molecule has 0 saturated carbocycles. The van der Waals surface area contributed by atoms with Crippen LogP contribution in [-0.2, 0) is 0 Å². The monoisotopic (exact) mass is 222 g/mol. The van der Waals surface area contributed by atoms with Crippen LogP contribution in [0.5, 0.6) is 5.75 Å². The summed E-state index contributed by atoms with van der Waals surface area (Å²) in [6.07, 6.45) is 0. The first-order valence-corrected chi connectivity index (χ1v) is 5.68. The third kappa shape index (κ3) is 3.22. The summed E-state index contributed by atoms with van der Waals surface area (Å²) in [5, 5.41) is 0. The number of rotatable bonds is 4. The van der Waals surface area contributed by atoms with Gasteiger partial charge >= 0.3 is 0 Å². The van der Waals surface area contributed by atoms with E-state index in [1.165, 1.54) is 0 Å². The van der Waals surface area contributed by atoms with Crippen LogP contribution in [-0.4, -0.2) is 6.61 Å². The van der Waals surface area contributed by atoms with Gasteiger partial charge in [0.2, 0.25) is 0 Å². The lowest BCUT2D eigenvalue weighted by atomic mass is 9.83. The van der Waals surface area contributed by atoms with Crippen molar-refractivity contribution in [1.29, 1.82) is 0 Å². The van der Waals surface area contributed by atoms with E-state index in [9.17, 15) is 0 Å². The molecule has 1 unspecified atom stereocenters. The minimum atomic E-state index is 0.0690. The van der Waals surface area contributed by atoms with Gasteiger partial charge in [-0.2, -0.15) is 0 Å². The molecule has 0 aliphatic heterocycles. The lowest BCUT2D eigenvalue weighted by molar-refractivity contribution is 0.274. The molecule has 0 fully saturated rings. The van der Waals surface area contributed by atoms with Crippen molar-refractivity contribution in [2.45, 2.75) is 33.7 Å². The summed E-state index contributed by atoms with van der Waals surface area (Å²) in [5.74, 6) is 6.52. The lowest BCUT2D eigenvalue weighted by Crippen LogP contribution is -2.36. The standard InChI is InChI=1S/C13H22N2O/c1-5-16-11-8-6-7-10(9-11)12(15-14)13(2,3)4/h6-9,12,15H,5,14H2,1-4H3. The van der Waals surface area contributed by atoms with E-state index in [0.29, 0.717) is 6.61 Å². The zero-order valence-electron chi connectivity index (χ0n) is 10.6. The summed E-state index contributed by atoms with van der Waals surface area (Å²) in [6.45, 7) is 9.13. The topological polar surface area (TPSA) is 47.3 Å². The number of benzene rings is 1. The Bertz CT molecular complexity index is 331. The highest BCUT2D eigenvalue weighted by atomic mass is 16.5. The van der Waals surface area contributed by atoms with Gasteiger partial charge in [0.05, 0.1) is 12.6 Å². The van der Waals surface area contributed by atoms with Gasteiger partial charge in [-0.3, -0.25) is 11.3 Å². The number of hydrogen-bond acceptors (Lipinski definition) is 3. The smallest absolute Gasteiger partial charge is 0.119 e. The number of nitrogens with one attached hydrogen (secondary N) is 1. The van der Waals surface area contributed by atoms with Gasteiger partial charge in [0, 0.05) is 0 Å². The van der Waals surface area contributed by atoms with E-state index in [-0.39, 0.29) is 11.5 Å². The molecule has 3 N–H and O–H groups in total. The maximum atomic E-state index is 5.62. The Balaban J connectivity index is 2.97. The average Bonchev–Trinajstić information content (AvgIpc) is 2.17. The van der Waals surface area contributed by atoms with E-state index in [2.05, 4.69) is 32.3 Å². The fourth-order valence-corrected chi connectivity index (χ4v) is 1.80. The number of hydrazine groups is 1. The highest BCUT2D eigenvalue weighted by molar-refractivity contribution is 5.31. The molecule has 0 spiro atoms. The Morgan fingerprint density at radius 2 is 2.06 bits per heavy atom. The van der Waals surface area contributed by atoms with Crippen LogP contribution in [0.25, 0.3) is 0 Å². The van der Waals surface area contributed by atoms with Crippen molar-refractivity contribution in [1.82, 2.24) is 5.43 Å². The molecule has 1 atom stereocenters. The Labute approximate surface area is 98.0 Å². The Morgan fingerprint density at radius 3 is 2.56 bits per heavy atom. The van der Waals surface area contributed by atoms with Gasteiger partial charge < -0.3 is 4.74 Å². The quantitative estimate of drug-likeness (QED) is 0.608. The van der Waals surface area contributed by atoms with Crippen molar-refractivity contribution in [2.24, 2.45) is 11.3 Å². The fraction of sp³-hybridized carbons (Fsp3) is 0.538. The number of nitrogens with two attached hydrogens (primary N) is 1. The van der Waals surface area contributed by atoms with Crippen molar-refractivity contribution in [2.75, 3.05) is 6.61 Å². The minimum absolute atomic E-state index is 0.0690. The zero-order valence-corrected chi connectivity index (χ0v) is 10.6. The average molecular weight is 222 g/mol. The molecule has 0 aromatic heterocycles. The van der Waals surface area contributed by atoms with Gasteiger partial charge in [0.25, 0.3) is 0 Å². The Morgan fingerprint density at radius 1 is 1.38 bits per heavy atom. The third-order valence-corrected chi connectivity index (χ3v) is 2.54. The second kappa shape index (κ2) is 5.32. The van der Waals surface area contributed by atoms with Crippen LogP contribution < -0.4 is 16.0 Å². The Kier molecular flexibility index (Phi) is 4.33. The summed E-state index contributed by atoms with van der Waals surface area (Å²) < 4.78 is 5.49. The van der Waals surface area contributed by atoms with E-state index in [1.54, 1.807) is 0 Å². The molecule has 0 radical (unpaired) electrons. The van der Waals surface area contributed by atoms with Gasteiger partial charge in [0.1, 0.15) is 5.75 Å². The van der Waals surface area contributed by atoms with Crippen LogP contribution in [0.15, 0.2) is 24.3 Å². The fourth-order valence-electron chi connectivity index (χ4n) is 1.80. The van der Waals surface area contributed by atoms with Gasteiger partial charge in [-0.15, -0.1) is 0 Å². The van der Waals surface area contributed by atoms with Crippen molar-refractivity contribution in [3.8, 4) is 5.75 Å². The second-order valence-corrected chi connectivity index (χ2v) is 4.97. The Hall–Kier alpha value is -1.06. The first-order valence-electron chi connectivity index (χ1n) is 5.68. The second-order valence-electron chi connectivity index (χ2n) is 4.97. The minimum Gasteiger partial charge on any atom is -0.494 e. The maximum Gasteiger partial charge on any atom is 0.119 e. The SMILES string of the molecule is CCOc1cccc(C(NN)C(C)(C)C)c1. The number of hydrogen-bond donors (Lipinski definition) is 2. The molecule has 1 aromatic carbocycles. The van der Waals surface area contributed by atoms with Crippen molar-refractivity contribution >= 4 is 0 Å². The van der Waals surface area contributed by atoms with E-state index < -0.39 is 0 Å². The lowest BCUT2D eigenvalue weighted by Gasteiger charge is -2.30. The molecule has 1 aromatic rings. The molecule has 3 heteroatoms. The predicted molar refractivity (Wildman–Crippen MR) is 67.1 cm³/mol. The van der Waals surface area contributed by atoms with Crippen molar-refractivity contribution < 1.29 is 4.74 Å². The van der Waals surface area contributed by atoms with Crippen LogP contribution in [0, 0.1) is 5.41 Å². The summed E-state index contributed by atoms with van der Waals surface area (Å²) in [6, 6.07) is 8.19. The molecule has 0 bridgehead atoms. The van der Waals surface area contributed by atoms with Gasteiger partial charge in [-0.25, -0.2) is 0 Å². The van der Waals surface area contributed by atoms with Crippen LogP contribution in [0.2, 0.25) is 0 Å². The summed E-state index contributed by atoms with van der Waals surface area (Å²) in [4.78, 5) is 0. The molecule has 0 heterocycles. The summed E-state index contributed by atoms with van der Waals surface area (Å²) >= 11 is 0. The van der Waals surface area contributed by atoms with Crippen molar-refractivity contribution in [3.05, 3.63) is 29.8 Å². The van der Waals surface area contributed by atoms with E-state index in [0.717, 1.165) is 11.3 Å². The van der Waals surface area contributed by atoms with Gasteiger partial charge in [-0.1, -0.05) is 32.9 Å².